The Hall–Kier alpha value is -4.59. The van der Waals surface area contributed by atoms with Gasteiger partial charge in [0.15, 0.2) is 0 Å². The molecule has 2 heterocycles. The van der Waals surface area contributed by atoms with Gasteiger partial charge in [0.05, 0.1) is 0 Å². The normalized spacial score (nSPS) is 15.7. The molecule has 7 nitrogen and oxygen atoms in total. The van der Waals surface area contributed by atoms with Crippen LogP contribution in [0.25, 0.3) is 50.5 Å². The van der Waals surface area contributed by atoms with Gasteiger partial charge in [-0.1, -0.05) is 136 Å². The summed E-state index contributed by atoms with van der Waals surface area (Å²) in [5, 5.41) is 18.7. The first-order chi connectivity index (χ1) is 31.9. The molecule has 0 aromatic heterocycles. The molecule has 0 radical (unpaired) electrons. The Balaban J connectivity index is 0.953. The number of likely N-dealkylation sites (N-methyl/N-ethyl adjacent to an activating group) is 1. The minimum atomic E-state index is 0.343. The second-order valence-electron chi connectivity index (χ2n) is 17.1. The van der Waals surface area contributed by atoms with Crippen LogP contribution < -0.4 is 4.72 Å². The number of nitrogens with zero attached hydrogens (tertiary/aromatic N) is 5. The van der Waals surface area contributed by atoms with Gasteiger partial charge in [-0.2, -0.15) is 0 Å². The van der Waals surface area contributed by atoms with Gasteiger partial charge in [0.2, 0.25) is 0 Å². The van der Waals surface area contributed by atoms with E-state index < -0.39 is 0 Å². The third kappa shape index (κ3) is 10.8. The Morgan fingerprint density at radius 1 is 0.554 bits per heavy atom. The van der Waals surface area contributed by atoms with Gasteiger partial charge in [-0.05, 0) is 116 Å². The van der Waals surface area contributed by atoms with Gasteiger partial charge in [0.1, 0.15) is 5.75 Å². The average molecular weight is 917 g/mol. The van der Waals surface area contributed by atoms with E-state index in [1.54, 1.807) is 23.9 Å². The maximum atomic E-state index is 11.7. The van der Waals surface area contributed by atoms with Crippen LogP contribution in [0.3, 0.4) is 0 Å². The average Bonchev–Trinajstić information content (AvgIpc) is 3.35. The first-order valence-corrected chi connectivity index (χ1v) is 25.3. The molecule has 0 saturated carbocycles. The molecule has 7 aromatic rings. The topological polar surface area (TPSA) is 48.5 Å². The van der Waals surface area contributed by atoms with Crippen molar-refractivity contribution in [3.05, 3.63) is 162 Å². The first kappa shape index (κ1) is 45.6. The molecule has 334 valence electrons. The SMILES string of the molecule is C=Cc1ccc(CN(CC)CCNSc2cc(SN3CCN(Cc4ccc(C=C)cc4)CC3)c3ccc4c(SN5CCN(Cc6ccc(C=C)cc6)CC5)cc(O)c5ccc2c3c54)cc1. The van der Waals surface area contributed by atoms with E-state index in [1.807, 2.05) is 36.2 Å². The van der Waals surface area contributed by atoms with Crippen molar-refractivity contribution in [3.8, 4) is 5.75 Å². The fraction of sp³-hybridized carbons (Fsp3) is 0.273. The second kappa shape index (κ2) is 21.4. The molecular weight excluding hydrogens is 857 g/mol. The highest BCUT2D eigenvalue weighted by atomic mass is 32.2. The number of phenols is 1. The quantitative estimate of drug-likeness (QED) is 0.0466. The predicted molar refractivity (Wildman–Crippen MR) is 282 cm³/mol. The summed E-state index contributed by atoms with van der Waals surface area (Å²) >= 11 is 5.42. The van der Waals surface area contributed by atoms with Crippen LogP contribution in [0.1, 0.15) is 40.3 Å². The summed E-state index contributed by atoms with van der Waals surface area (Å²) in [6, 6.07) is 39.6. The molecule has 0 amide bonds. The Kier molecular flexibility index (Phi) is 15.0. The van der Waals surface area contributed by atoms with Gasteiger partial charge in [-0.15, -0.1) is 0 Å². The van der Waals surface area contributed by atoms with Crippen molar-refractivity contribution >= 4 is 86.4 Å². The molecule has 2 fully saturated rings. The fourth-order valence-electron chi connectivity index (χ4n) is 9.08. The maximum Gasteiger partial charge on any atom is 0.124 e. The summed E-state index contributed by atoms with van der Waals surface area (Å²) in [5.41, 5.74) is 7.45. The van der Waals surface area contributed by atoms with E-state index in [0.29, 0.717) is 5.75 Å². The van der Waals surface area contributed by atoms with Crippen molar-refractivity contribution in [2.45, 2.75) is 41.2 Å². The third-order valence-electron chi connectivity index (χ3n) is 12.9. The van der Waals surface area contributed by atoms with Gasteiger partial charge in [0.25, 0.3) is 0 Å². The van der Waals surface area contributed by atoms with E-state index in [1.165, 1.54) is 48.0 Å². The van der Waals surface area contributed by atoms with Crippen LogP contribution in [0.5, 0.6) is 5.75 Å². The van der Waals surface area contributed by atoms with Crippen LogP contribution in [0.4, 0.5) is 0 Å². The van der Waals surface area contributed by atoms with Gasteiger partial charge < -0.3 is 5.11 Å². The van der Waals surface area contributed by atoms with E-state index in [0.717, 1.165) is 124 Å². The molecule has 0 spiro atoms. The number of rotatable bonds is 19. The summed E-state index contributed by atoms with van der Waals surface area (Å²) in [4.78, 5) is 11.2. The number of aromatic hydroxyl groups is 1. The van der Waals surface area contributed by atoms with E-state index in [4.69, 9.17) is 0 Å². The first-order valence-electron chi connectivity index (χ1n) is 22.9. The molecule has 0 bridgehead atoms. The standard InChI is InChI=1S/C55H60N6OS3/c1-5-40-9-15-43(16-10-40)37-57(8-4)26-25-56-63-51-36-53(65-61-33-29-59(30-34-61)39-45-19-13-42(7-3)14-20-45)49-24-23-48-52(35-50(62)46-21-22-47(51)55(49)54(46)48)64-60-31-27-58(28-32-60)38-44-17-11-41(6-2)12-18-44/h5-7,9-24,35-36,56,62H,1-3,8,25-34,37-39H2,4H3. The van der Waals surface area contributed by atoms with Crippen molar-refractivity contribution in [2.24, 2.45) is 0 Å². The van der Waals surface area contributed by atoms with Gasteiger partial charge >= 0.3 is 0 Å². The maximum absolute atomic E-state index is 11.7. The van der Waals surface area contributed by atoms with Gasteiger partial charge in [-0.3, -0.25) is 19.4 Å². The zero-order valence-electron chi connectivity index (χ0n) is 37.6. The number of benzene rings is 7. The summed E-state index contributed by atoms with van der Waals surface area (Å²) in [7, 11) is 0. The lowest BCUT2D eigenvalue weighted by atomic mass is 9.94. The smallest absolute Gasteiger partial charge is 0.124 e. The van der Waals surface area contributed by atoms with Crippen molar-refractivity contribution < 1.29 is 5.11 Å². The highest BCUT2D eigenvalue weighted by molar-refractivity contribution is 7.98. The highest BCUT2D eigenvalue weighted by Gasteiger charge is 2.25. The number of hydrogen-bond donors (Lipinski definition) is 2. The van der Waals surface area contributed by atoms with Crippen LogP contribution in [0.15, 0.2) is 144 Å². The molecule has 0 aliphatic carbocycles. The molecule has 0 unspecified atom stereocenters. The van der Waals surface area contributed by atoms with E-state index in [9.17, 15) is 5.11 Å². The van der Waals surface area contributed by atoms with E-state index >= 15 is 0 Å². The van der Waals surface area contributed by atoms with E-state index in [-0.39, 0.29) is 0 Å². The number of nitrogens with one attached hydrogen (secondary N) is 1. The summed E-state index contributed by atoms with van der Waals surface area (Å²) < 4.78 is 8.79. The van der Waals surface area contributed by atoms with Crippen LogP contribution in [0, 0.1) is 0 Å². The summed E-state index contributed by atoms with van der Waals surface area (Å²) in [6.45, 7) is 27.5. The van der Waals surface area contributed by atoms with Crippen molar-refractivity contribution in [2.75, 3.05) is 72.0 Å². The van der Waals surface area contributed by atoms with Crippen LogP contribution >= 0.6 is 35.8 Å². The second-order valence-corrected chi connectivity index (χ2v) is 20.3. The van der Waals surface area contributed by atoms with Crippen molar-refractivity contribution in [3.63, 3.8) is 0 Å². The molecule has 2 aliphatic rings. The van der Waals surface area contributed by atoms with Crippen molar-refractivity contribution in [1.29, 1.82) is 0 Å². The minimum absolute atomic E-state index is 0.343. The molecule has 2 aliphatic heterocycles. The van der Waals surface area contributed by atoms with Crippen LogP contribution in [-0.4, -0.2) is 100 Å². The molecular formula is C55H60N6OS3. The molecule has 10 heteroatoms. The minimum Gasteiger partial charge on any atom is -0.507 e. The van der Waals surface area contributed by atoms with Gasteiger partial charge in [-0.25, -0.2) is 8.61 Å². The summed E-state index contributed by atoms with van der Waals surface area (Å²) in [6.07, 6.45) is 5.70. The molecule has 2 N–H and O–H groups in total. The van der Waals surface area contributed by atoms with Gasteiger partial charge in [0, 0.05) is 111 Å². The number of piperazine rings is 2. The lowest BCUT2D eigenvalue weighted by molar-refractivity contribution is 0.189. The Morgan fingerprint density at radius 3 is 1.46 bits per heavy atom. The Morgan fingerprint density at radius 2 is 0.985 bits per heavy atom. The summed E-state index contributed by atoms with van der Waals surface area (Å²) in [5.74, 6) is 0.343. The fourth-order valence-corrected chi connectivity index (χ4v) is 12.1. The molecule has 2 saturated heterocycles. The van der Waals surface area contributed by atoms with E-state index in [2.05, 4.69) is 158 Å². The Labute approximate surface area is 398 Å². The molecule has 9 rings (SSSR count). The lowest BCUT2D eigenvalue weighted by Crippen LogP contribution is -2.42. The highest BCUT2D eigenvalue weighted by Crippen LogP contribution is 2.48. The molecule has 7 aromatic carbocycles. The zero-order chi connectivity index (χ0) is 44.7. The molecule has 0 atom stereocenters. The Bertz CT molecular complexity index is 2730. The third-order valence-corrected chi connectivity index (χ3v) is 16.1. The zero-order valence-corrected chi connectivity index (χ0v) is 40.0. The molecule has 65 heavy (non-hydrogen) atoms. The van der Waals surface area contributed by atoms with Crippen LogP contribution in [-0.2, 0) is 19.6 Å². The van der Waals surface area contributed by atoms with Crippen molar-refractivity contribution in [1.82, 2.24) is 28.0 Å². The predicted octanol–water partition coefficient (Wildman–Crippen LogP) is 12.0. The lowest BCUT2D eigenvalue weighted by Gasteiger charge is -2.34. The monoisotopic (exact) mass is 916 g/mol. The van der Waals surface area contributed by atoms with Crippen LogP contribution in [0.2, 0.25) is 0 Å². The number of phenolic OH excluding ortho intramolecular Hbond substituents is 1. The largest absolute Gasteiger partial charge is 0.507 e. The number of hydrogen-bond acceptors (Lipinski definition) is 10.